The Morgan fingerprint density at radius 3 is 2.50 bits per heavy atom. The van der Waals surface area contributed by atoms with Crippen molar-refractivity contribution in [2.24, 2.45) is 0 Å². The standard InChI is InChI=1S/C35H37ClFN5O2/c1-23(43)42(20-25-6-2-4-8-32(25)36)21-28(16-26-18-38-33-9-5-3-7-29(26)33)40-35(44)22-41-14-12-24(13-15-41)31-19-39-34-11-10-27(37)17-30(31)34/h2-11,17-19,24,28,38-39H,12-16,20-22H2,1H3,(H,40,44). The largest absolute Gasteiger partial charge is 0.361 e. The van der Waals surface area contributed by atoms with Gasteiger partial charge in [0.2, 0.25) is 11.8 Å². The van der Waals surface area contributed by atoms with Crippen LogP contribution in [-0.4, -0.2) is 63.8 Å². The molecule has 0 aliphatic carbocycles. The summed E-state index contributed by atoms with van der Waals surface area (Å²) in [6.45, 7) is 4.10. The van der Waals surface area contributed by atoms with E-state index in [1.54, 1.807) is 24.0 Å². The Kier molecular flexibility index (Phi) is 9.00. The molecule has 1 aliphatic rings. The maximum absolute atomic E-state index is 13.9. The lowest BCUT2D eigenvalue weighted by Crippen LogP contribution is -2.49. The van der Waals surface area contributed by atoms with Crippen LogP contribution in [0.2, 0.25) is 5.02 Å². The minimum Gasteiger partial charge on any atom is -0.361 e. The van der Waals surface area contributed by atoms with E-state index in [0.717, 1.165) is 64.4 Å². The number of hydrogen-bond donors (Lipinski definition) is 3. The van der Waals surface area contributed by atoms with Crippen molar-refractivity contribution in [1.29, 1.82) is 0 Å². The number of nitrogens with zero attached hydrogens (tertiary/aromatic N) is 2. The molecule has 1 atom stereocenters. The zero-order chi connectivity index (χ0) is 30.6. The Labute approximate surface area is 261 Å². The normalized spacial score (nSPS) is 15.1. The molecule has 44 heavy (non-hydrogen) atoms. The molecule has 1 fully saturated rings. The molecule has 1 unspecified atom stereocenters. The zero-order valence-electron chi connectivity index (χ0n) is 24.8. The highest BCUT2D eigenvalue weighted by atomic mass is 35.5. The molecule has 228 valence electrons. The van der Waals surface area contributed by atoms with Gasteiger partial charge in [-0.15, -0.1) is 0 Å². The van der Waals surface area contributed by atoms with Crippen LogP contribution in [0.3, 0.4) is 0 Å². The second-order valence-electron chi connectivity index (χ2n) is 11.8. The monoisotopic (exact) mass is 613 g/mol. The zero-order valence-corrected chi connectivity index (χ0v) is 25.5. The molecule has 3 N–H and O–H groups in total. The van der Waals surface area contributed by atoms with Gasteiger partial charge in [-0.25, -0.2) is 4.39 Å². The van der Waals surface area contributed by atoms with E-state index in [9.17, 15) is 14.0 Å². The lowest BCUT2D eigenvalue weighted by Gasteiger charge is -2.32. The fraction of sp³-hybridized carbons (Fsp3) is 0.314. The summed E-state index contributed by atoms with van der Waals surface area (Å²) < 4.78 is 13.9. The van der Waals surface area contributed by atoms with Crippen molar-refractivity contribution >= 4 is 45.2 Å². The molecule has 2 amide bonds. The number of halogens is 2. The van der Waals surface area contributed by atoms with Crippen LogP contribution in [0.1, 0.15) is 42.4 Å². The quantitative estimate of drug-likeness (QED) is 0.170. The van der Waals surface area contributed by atoms with Crippen LogP contribution in [0.25, 0.3) is 21.8 Å². The molecule has 1 saturated heterocycles. The van der Waals surface area contributed by atoms with Crippen LogP contribution in [0.15, 0.2) is 79.1 Å². The summed E-state index contributed by atoms with van der Waals surface area (Å²) in [5.41, 5.74) is 5.07. The third kappa shape index (κ3) is 6.82. The molecule has 0 radical (unpaired) electrons. The van der Waals surface area contributed by atoms with E-state index >= 15 is 0 Å². The molecule has 5 aromatic rings. The third-order valence-corrected chi connectivity index (χ3v) is 9.15. The van der Waals surface area contributed by atoms with E-state index in [1.165, 1.54) is 6.07 Å². The van der Waals surface area contributed by atoms with Crippen LogP contribution in [-0.2, 0) is 22.6 Å². The molecular formula is C35H37ClFN5O2. The first-order valence-electron chi connectivity index (χ1n) is 15.2. The van der Waals surface area contributed by atoms with Gasteiger partial charge in [0.25, 0.3) is 0 Å². The van der Waals surface area contributed by atoms with Crippen molar-refractivity contribution in [2.45, 2.75) is 44.7 Å². The Morgan fingerprint density at radius 2 is 1.70 bits per heavy atom. The number of hydrogen-bond acceptors (Lipinski definition) is 3. The minimum absolute atomic E-state index is 0.0660. The molecule has 7 nitrogen and oxygen atoms in total. The van der Waals surface area contributed by atoms with Crippen molar-refractivity contribution < 1.29 is 14.0 Å². The molecule has 3 aromatic carbocycles. The number of amides is 2. The van der Waals surface area contributed by atoms with Crippen LogP contribution < -0.4 is 5.32 Å². The van der Waals surface area contributed by atoms with Gasteiger partial charge in [0.05, 0.1) is 12.6 Å². The minimum atomic E-state index is -0.299. The second kappa shape index (κ2) is 13.2. The lowest BCUT2D eigenvalue weighted by molar-refractivity contribution is -0.131. The van der Waals surface area contributed by atoms with Crippen LogP contribution in [0.4, 0.5) is 4.39 Å². The second-order valence-corrected chi connectivity index (χ2v) is 12.2. The first-order chi connectivity index (χ1) is 21.3. The van der Waals surface area contributed by atoms with Gasteiger partial charge in [-0.3, -0.25) is 14.5 Å². The number of likely N-dealkylation sites (tertiary alicyclic amines) is 1. The van der Waals surface area contributed by atoms with Crippen molar-refractivity contribution in [2.75, 3.05) is 26.2 Å². The van der Waals surface area contributed by atoms with E-state index in [2.05, 4.69) is 26.3 Å². The molecule has 0 spiro atoms. The molecule has 3 heterocycles. The molecule has 1 aliphatic heterocycles. The average Bonchev–Trinajstić information content (AvgIpc) is 3.62. The average molecular weight is 614 g/mol. The third-order valence-electron chi connectivity index (χ3n) is 8.78. The van der Waals surface area contributed by atoms with Crippen molar-refractivity contribution in [3.63, 3.8) is 0 Å². The fourth-order valence-electron chi connectivity index (χ4n) is 6.46. The molecule has 2 aromatic heterocycles. The van der Waals surface area contributed by atoms with Gasteiger partial charge in [0.1, 0.15) is 5.82 Å². The van der Waals surface area contributed by atoms with Crippen LogP contribution >= 0.6 is 11.6 Å². The molecular weight excluding hydrogens is 577 g/mol. The number of benzene rings is 3. The van der Waals surface area contributed by atoms with E-state index in [0.29, 0.717) is 30.5 Å². The first kappa shape index (κ1) is 29.9. The van der Waals surface area contributed by atoms with Gasteiger partial charge in [-0.1, -0.05) is 48.0 Å². The van der Waals surface area contributed by atoms with Gasteiger partial charge < -0.3 is 20.2 Å². The van der Waals surface area contributed by atoms with E-state index in [1.807, 2.05) is 54.9 Å². The maximum atomic E-state index is 13.9. The summed E-state index contributed by atoms with van der Waals surface area (Å²) >= 11 is 6.43. The van der Waals surface area contributed by atoms with Crippen LogP contribution in [0, 0.1) is 5.82 Å². The SMILES string of the molecule is CC(=O)N(Cc1ccccc1Cl)CC(Cc1c[nH]c2ccccc12)NC(=O)CN1CCC(c2c[nH]c3ccc(F)cc23)CC1. The predicted octanol–water partition coefficient (Wildman–Crippen LogP) is 6.40. The van der Waals surface area contributed by atoms with Crippen molar-refractivity contribution in [3.8, 4) is 0 Å². The van der Waals surface area contributed by atoms with E-state index < -0.39 is 0 Å². The summed E-state index contributed by atoms with van der Waals surface area (Å²) in [7, 11) is 0. The number of para-hydroxylation sites is 1. The topological polar surface area (TPSA) is 84.2 Å². The van der Waals surface area contributed by atoms with Gasteiger partial charge >= 0.3 is 0 Å². The summed E-state index contributed by atoms with van der Waals surface area (Å²) in [6, 6.07) is 20.2. The molecule has 6 rings (SSSR count). The Bertz CT molecular complexity index is 1770. The molecule has 0 bridgehead atoms. The van der Waals surface area contributed by atoms with Crippen molar-refractivity contribution in [1.82, 2.24) is 25.1 Å². The maximum Gasteiger partial charge on any atom is 0.234 e. The summed E-state index contributed by atoms with van der Waals surface area (Å²) in [5.74, 6) is -0.0655. The number of H-pyrrole nitrogens is 2. The summed E-state index contributed by atoms with van der Waals surface area (Å²) in [5, 5.41) is 5.90. The smallest absolute Gasteiger partial charge is 0.234 e. The van der Waals surface area contributed by atoms with Gasteiger partial charge in [0, 0.05) is 59.2 Å². The van der Waals surface area contributed by atoms with Crippen molar-refractivity contribution in [3.05, 3.63) is 107 Å². The number of aromatic amines is 2. The van der Waals surface area contributed by atoms with Crippen LogP contribution in [0.5, 0.6) is 0 Å². The highest BCUT2D eigenvalue weighted by Gasteiger charge is 2.26. The summed E-state index contributed by atoms with van der Waals surface area (Å²) in [4.78, 5) is 36.8. The number of aromatic nitrogens is 2. The number of piperidine rings is 1. The number of carbonyl (C=O) groups excluding carboxylic acids is 2. The Balaban J connectivity index is 1.13. The summed E-state index contributed by atoms with van der Waals surface area (Å²) in [6.07, 6.45) is 6.34. The number of carbonyl (C=O) groups is 2. The fourth-order valence-corrected chi connectivity index (χ4v) is 6.66. The van der Waals surface area contributed by atoms with E-state index in [4.69, 9.17) is 11.6 Å². The predicted molar refractivity (Wildman–Crippen MR) is 173 cm³/mol. The molecule has 9 heteroatoms. The van der Waals surface area contributed by atoms with E-state index in [-0.39, 0.29) is 30.2 Å². The number of fused-ring (bicyclic) bond motifs is 2. The van der Waals surface area contributed by atoms with Gasteiger partial charge in [-0.05, 0) is 85.3 Å². The Morgan fingerprint density at radius 1 is 0.977 bits per heavy atom. The molecule has 0 saturated carbocycles. The first-order valence-corrected chi connectivity index (χ1v) is 15.5. The van der Waals surface area contributed by atoms with Gasteiger partial charge in [0.15, 0.2) is 0 Å². The number of nitrogens with one attached hydrogen (secondary N) is 3. The van der Waals surface area contributed by atoms with Gasteiger partial charge in [-0.2, -0.15) is 0 Å². The lowest BCUT2D eigenvalue weighted by atomic mass is 9.89. The number of rotatable bonds is 10. The highest BCUT2D eigenvalue weighted by molar-refractivity contribution is 6.31. The Hall–Kier alpha value is -4.14. The highest BCUT2D eigenvalue weighted by Crippen LogP contribution is 2.33.